The minimum atomic E-state index is -0.243. The van der Waals surface area contributed by atoms with Crippen molar-refractivity contribution in [2.45, 2.75) is 40.0 Å². The zero-order chi connectivity index (χ0) is 18.2. The Bertz CT molecular complexity index is 942. The molecule has 0 unspecified atom stereocenters. The fraction of sp³-hybridized carbons (Fsp3) is 0.316. The highest BCUT2D eigenvalue weighted by Gasteiger charge is 2.13. The lowest BCUT2D eigenvalue weighted by molar-refractivity contribution is -0.111. The number of aryl methyl sites for hydroxylation is 2. The van der Waals surface area contributed by atoms with Crippen LogP contribution in [0.2, 0.25) is 0 Å². The van der Waals surface area contributed by atoms with Crippen LogP contribution in [0.4, 0.5) is 5.95 Å². The van der Waals surface area contributed by atoms with E-state index in [0.29, 0.717) is 5.95 Å². The van der Waals surface area contributed by atoms with Crippen LogP contribution in [-0.2, 0) is 10.2 Å². The third-order valence-corrected chi connectivity index (χ3v) is 5.14. The van der Waals surface area contributed by atoms with E-state index in [2.05, 4.69) is 48.3 Å². The SMILES string of the molecule is Cc1sc2nc(NC(=O)/C=C/c3ccc(C(C)(C)C)cc3)nn2c1C. The number of anilines is 1. The summed E-state index contributed by atoms with van der Waals surface area (Å²) in [6, 6.07) is 8.21. The van der Waals surface area contributed by atoms with Gasteiger partial charge in [0.25, 0.3) is 11.9 Å². The quantitative estimate of drug-likeness (QED) is 0.711. The molecule has 5 nitrogen and oxygen atoms in total. The molecule has 0 aliphatic heterocycles. The van der Waals surface area contributed by atoms with E-state index >= 15 is 0 Å². The second-order valence-electron chi connectivity index (χ2n) is 7.07. The van der Waals surface area contributed by atoms with Gasteiger partial charge in [-0.3, -0.25) is 10.1 Å². The highest BCUT2D eigenvalue weighted by molar-refractivity contribution is 7.17. The van der Waals surface area contributed by atoms with Crippen LogP contribution in [0.5, 0.6) is 0 Å². The van der Waals surface area contributed by atoms with Crippen LogP contribution >= 0.6 is 11.3 Å². The molecule has 0 fully saturated rings. The molecule has 25 heavy (non-hydrogen) atoms. The first-order valence-corrected chi connectivity index (χ1v) is 8.98. The molecule has 3 aromatic rings. The topological polar surface area (TPSA) is 59.3 Å². The second-order valence-corrected chi connectivity index (χ2v) is 8.25. The van der Waals surface area contributed by atoms with Gasteiger partial charge in [0.2, 0.25) is 4.96 Å². The average molecular weight is 354 g/mol. The Morgan fingerprint density at radius 3 is 2.48 bits per heavy atom. The van der Waals surface area contributed by atoms with Crippen LogP contribution < -0.4 is 5.32 Å². The molecule has 130 valence electrons. The maximum atomic E-state index is 12.1. The number of hydrogen-bond acceptors (Lipinski definition) is 4. The highest BCUT2D eigenvalue weighted by Crippen LogP contribution is 2.23. The van der Waals surface area contributed by atoms with Gasteiger partial charge in [-0.05, 0) is 36.5 Å². The zero-order valence-corrected chi connectivity index (χ0v) is 15.9. The Labute approximate surface area is 151 Å². The summed E-state index contributed by atoms with van der Waals surface area (Å²) < 4.78 is 1.75. The van der Waals surface area contributed by atoms with E-state index in [-0.39, 0.29) is 11.3 Å². The largest absolute Gasteiger partial charge is 0.290 e. The molecule has 0 bridgehead atoms. The zero-order valence-electron chi connectivity index (χ0n) is 15.1. The lowest BCUT2D eigenvalue weighted by atomic mass is 9.87. The molecular weight excluding hydrogens is 332 g/mol. The maximum Gasteiger partial charge on any atom is 0.250 e. The fourth-order valence-electron chi connectivity index (χ4n) is 2.41. The van der Waals surface area contributed by atoms with Crippen LogP contribution in [0.1, 0.15) is 42.5 Å². The van der Waals surface area contributed by atoms with Crippen molar-refractivity contribution in [3.8, 4) is 0 Å². The normalized spacial score (nSPS) is 12.2. The number of carbonyl (C=O) groups excluding carboxylic acids is 1. The standard InChI is InChI=1S/C19H22N4OS/c1-12-13(2)25-18-21-17(22-23(12)18)20-16(24)11-8-14-6-9-15(10-7-14)19(3,4)5/h6-11H,1-5H3,(H,20,22,24)/b11-8+. The molecule has 6 heteroatoms. The van der Waals surface area contributed by atoms with Gasteiger partial charge >= 0.3 is 0 Å². The van der Waals surface area contributed by atoms with Crippen LogP contribution in [0.15, 0.2) is 30.3 Å². The number of aromatic nitrogens is 3. The van der Waals surface area contributed by atoms with Crippen molar-refractivity contribution in [2.75, 3.05) is 5.32 Å². The van der Waals surface area contributed by atoms with Gasteiger partial charge in [-0.25, -0.2) is 4.52 Å². The van der Waals surface area contributed by atoms with Gasteiger partial charge in [0.15, 0.2) is 0 Å². The van der Waals surface area contributed by atoms with Gasteiger partial charge in [0.05, 0.1) is 5.69 Å². The Morgan fingerprint density at radius 2 is 1.88 bits per heavy atom. The molecule has 0 aliphatic carbocycles. The lowest BCUT2D eigenvalue weighted by Gasteiger charge is -2.18. The van der Waals surface area contributed by atoms with Crippen molar-refractivity contribution in [3.05, 3.63) is 52.0 Å². The molecule has 2 heterocycles. The summed E-state index contributed by atoms with van der Waals surface area (Å²) in [4.78, 5) is 18.4. The summed E-state index contributed by atoms with van der Waals surface area (Å²) in [7, 11) is 0. The molecule has 1 N–H and O–H groups in total. The van der Waals surface area contributed by atoms with Crippen molar-refractivity contribution in [1.82, 2.24) is 14.6 Å². The van der Waals surface area contributed by atoms with Crippen molar-refractivity contribution in [3.63, 3.8) is 0 Å². The summed E-state index contributed by atoms with van der Waals surface area (Å²) in [6.45, 7) is 10.5. The summed E-state index contributed by atoms with van der Waals surface area (Å²) in [5.41, 5.74) is 3.41. The van der Waals surface area contributed by atoms with Gasteiger partial charge in [-0.15, -0.1) is 5.10 Å². The molecule has 0 atom stereocenters. The minimum Gasteiger partial charge on any atom is -0.290 e. The van der Waals surface area contributed by atoms with Crippen molar-refractivity contribution in [2.24, 2.45) is 0 Å². The first-order valence-electron chi connectivity index (χ1n) is 8.16. The molecule has 0 saturated carbocycles. The number of fused-ring (bicyclic) bond motifs is 1. The molecule has 1 amide bonds. The monoisotopic (exact) mass is 354 g/mol. The first kappa shape index (κ1) is 17.4. The fourth-order valence-corrected chi connectivity index (χ4v) is 3.32. The number of benzene rings is 1. The number of hydrogen-bond donors (Lipinski definition) is 1. The van der Waals surface area contributed by atoms with E-state index in [1.165, 1.54) is 16.5 Å². The van der Waals surface area contributed by atoms with Gasteiger partial charge in [-0.1, -0.05) is 56.4 Å². The van der Waals surface area contributed by atoms with E-state index in [9.17, 15) is 4.79 Å². The van der Waals surface area contributed by atoms with Gasteiger partial charge < -0.3 is 0 Å². The summed E-state index contributed by atoms with van der Waals surface area (Å²) in [5, 5.41) is 7.02. The van der Waals surface area contributed by atoms with Crippen molar-refractivity contribution in [1.29, 1.82) is 0 Å². The number of nitrogens with zero attached hydrogens (tertiary/aromatic N) is 3. The molecule has 2 aromatic heterocycles. The van der Waals surface area contributed by atoms with Crippen molar-refractivity contribution < 1.29 is 4.79 Å². The molecule has 0 spiro atoms. The molecular formula is C19H22N4OS. The third-order valence-electron chi connectivity index (χ3n) is 4.09. The Balaban J connectivity index is 1.67. The van der Waals surface area contributed by atoms with Gasteiger partial charge in [-0.2, -0.15) is 4.98 Å². The van der Waals surface area contributed by atoms with E-state index in [0.717, 1.165) is 16.2 Å². The Hall–Kier alpha value is -2.47. The minimum absolute atomic E-state index is 0.121. The second kappa shape index (κ2) is 6.44. The number of rotatable bonds is 3. The van der Waals surface area contributed by atoms with Gasteiger partial charge in [0.1, 0.15) is 0 Å². The maximum absolute atomic E-state index is 12.1. The predicted molar refractivity (Wildman–Crippen MR) is 103 cm³/mol. The Kier molecular flexibility index (Phi) is 4.47. The van der Waals surface area contributed by atoms with Gasteiger partial charge in [0, 0.05) is 11.0 Å². The molecule has 0 radical (unpaired) electrons. The van der Waals surface area contributed by atoms with Crippen LogP contribution in [0, 0.1) is 13.8 Å². The van der Waals surface area contributed by atoms with Crippen molar-refractivity contribution >= 4 is 34.2 Å². The number of amides is 1. The molecule has 3 rings (SSSR count). The van der Waals surface area contributed by atoms with E-state index < -0.39 is 0 Å². The number of carbonyl (C=O) groups is 1. The number of nitrogens with one attached hydrogen (secondary N) is 1. The summed E-state index contributed by atoms with van der Waals surface area (Å²) >= 11 is 1.56. The first-order chi connectivity index (χ1) is 11.7. The predicted octanol–water partition coefficient (Wildman–Crippen LogP) is 4.36. The van der Waals surface area contributed by atoms with Crippen LogP contribution in [-0.4, -0.2) is 20.5 Å². The number of thiazole rings is 1. The van der Waals surface area contributed by atoms with Crippen LogP contribution in [0.25, 0.3) is 11.0 Å². The smallest absolute Gasteiger partial charge is 0.250 e. The third kappa shape index (κ3) is 3.79. The molecule has 0 saturated heterocycles. The van der Waals surface area contributed by atoms with E-state index in [1.54, 1.807) is 21.9 Å². The summed E-state index contributed by atoms with van der Waals surface area (Å²) in [5.74, 6) is 0.0830. The van der Waals surface area contributed by atoms with E-state index in [1.807, 2.05) is 26.0 Å². The molecule has 0 aliphatic rings. The molecule has 1 aromatic carbocycles. The highest BCUT2D eigenvalue weighted by atomic mass is 32.1. The lowest BCUT2D eigenvalue weighted by Crippen LogP contribution is -2.10. The Morgan fingerprint density at radius 1 is 1.20 bits per heavy atom. The summed E-state index contributed by atoms with van der Waals surface area (Å²) in [6.07, 6.45) is 3.29. The average Bonchev–Trinajstić information content (AvgIpc) is 3.04. The van der Waals surface area contributed by atoms with Crippen LogP contribution in [0.3, 0.4) is 0 Å². The van der Waals surface area contributed by atoms with E-state index in [4.69, 9.17) is 0 Å².